The number of nitrogens with one attached hydrogen (secondary N) is 2. The molecule has 0 aliphatic carbocycles. The smallest absolute Gasteiger partial charge is 0.271 e. The van der Waals surface area contributed by atoms with Crippen molar-refractivity contribution in [2.75, 3.05) is 39.3 Å². The van der Waals surface area contributed by atoms with Crippen LogP contribution in [-0.2, 0) is 0 Å². The Hall–Kier alpha value is -1.41. The van der Waals surface area contributed by atoms with Gasteiger partial charge in [0.2, 0.25) is 0 Å². The number of hydrogen-bond acceptors (Lipinski definition) is 5. The van der Waals surface area contributed by atoms with Gasteiger partial charge in [-0.15, -0.1) is 12.4 Å². The van der Waals surface area contributed by atoms with E-state index < -0.39 is 4.92 Å². The maximum Gasteiger partial charge on any atom is 0.271 e. The lowest BCUT2D eigenvalue weighted by molar-refractivity contribution is -0.384. The van der Waals surface area contributed by atoms with E-state index in [0.717, 1.165) is 32.7 Å². The van der Waals surface area contributed by atoms with Gasteiger partial charge < -0.3 is 10.6 Å². The van der Waals surface area contributed by atoms with Crippen LogP contribution in [0.5, 0.6) is 0 Å². The predicted molar refractivity (Wildman–Crippen MR) is 87.0 cm³/mol. The molecule has 0 atom stereocenters. The van der Waals surface area contributed by atoms with Crippen molar-refractivity contribution in [3.8, 4) is 0 Å². The zero-order valence-corrected chi connectivity index (χ0v) is 13.5. The average Bonchev–Trinajstić information content (AvgIpc) is 2.47. The van der Waals surface area contributed by atoms with Crippen LogP contribution >= 0.6 is 24.0 Å². The first-order valence-corrected chi connectivity index (χ1v) is 7.10. The van der Waals surface area contributed by atoms with Gasteiger partial charge in [0.1, 0.15) is 0 Å². The van der Waals surface area contributed by atoms with Gasteiger partial charge in [0, 0.05) is 62.0 Å². The van der Waals surface area contributed by atoms with Crippen LogP contribution in [-0.4, -0.2) is 55.0 Å². The first kappa shape index (κ1) is 18.6. The minimum atomic E-state index is -0.566. The van der Waals surface area contributed by atoms with Gasteiger partial charge in [-0.1, -0.05) is 11.6 Å². The van der Waals surface area contributed by atoms with Crippen LogP contribution in [0, 0.1) is 10.1 Å². The Labute approximate surface area is 139 Å². The Balaban J connectivity index is 0.00000242. The SMILES string of the molecule is Cl.O=C(NCCN1CCNCC1)c1cc(Cl)cc([N+](=O)[O-])c1. The quantitative estimate of drug-likeness (QED) is 0.618. The van der Waals surface area contributed by atoms with Crippen molar-refractivity contribution in [1.82, 2.24) is 15.5 Å². The highest BCUT2D eigenvalue weighted by molar-refractivity contribution is 6.31. The summed E-state index contributed by atoms with van der Waals surface area (Å²) in [6, 6.07) is 3.87. The third-order valence-electron chi connectivity index (χ3n) is 3.28. The number of nitro groups is 1. The molecule has 0 bridgehead atoms. The molecular formula is C13H18Cl2N4O3. The summed E-state index contributed by atoms with van der Waals surface area (Å²) in [5, 5.41) is 16.9. The molecule has 1 aromatic rings. The first-order valence-electron chi connectivity index (χ1n) is 6.72. The van der Waals surface area contributed by atoms with Gasteiger partial charge in [0.25, 0.3) is 11.6 Å². The fraction of sp³-hybridized carbons (Fsp3) is 0.462. The molecular weight excluding hydrogens is 331 g/mol. The summed E-state index contributed by atoms with van der Waals surface area (Å²) in [6.45, 7) is 5.08. The molecule has 1 amide bonds. The summed E-state index contributed by atoms with van der Waals surface area (Å²) < 4.78 is 0. The number of carbonyl (C=O) groups excluding carboxylic acids is 1. The monoisotopic (exact) mass is 348 g/mol. The molecule has 1 aliphatic heterocycles. The number of carbonyl (C=O) groups is 1. The lowest BCUT2D eigenvalue weighted by atomic mass is 10.2. The molecule has 122 valence electrons. The number of non-ortho nitro benzene ring substituents is 1. The molecule has 1 heterocycles. The van der Waals surface area contributed by atoms with Gasteiger partial charge in [0.05, 0.1) is 4.92 Å². The zero-order chi connectivity index (χ0) is 15.2. The van der Waals surface area contributed by atoms with E-state index in [1.165, 1.54) is 18.2 Å². The summed E-state index contributed by atoms with van der Waals surface area (Å²) in [6.07, 6.45) is 0. The lowest BCUT2D eigenvalue weighted by Gasteiger charge is -2.27. The van der Waals surface area contributed by atoms with Gasteiger partial charge in [-0.05, 0) is 6.07 Å². The highest BCUT2D eigenvalue weighted by atomic mass is 35.5. The lowest BCUT2D eigenvalue weighted by Crippen LogP contribution is -2.46. The molecule has 22 heavy (non-hydrogen) atoms. The summed E-state index contributed by atoms with van der Waals surface area (Å²) in [7, 11) is 0. The third-order valence-corrected chi connectivity index (χ3v) is 3.50. The molecule has 0 saturated carbocycles. The molecule has 0 spiro atoms. The Morgan fingerprint density at radius 2 is 2.05 bits per heavy atom. The van der Waals surface area contributed by atoms with E-state index in [1.807, 2.05) is 0 Å². The van der Waals surface area contributed by atoms with Crippen molar-refractivity contribution >= 4 is 35.6 Å². The van der Waals surface area contributed by atoms with E-state index in [0.29, 0.717) is 6.54 Å². The Kier molecular flexibility index (Phi) is 7.53. The number of benzene rings is 1. The highest BCUT2D eigenvalue weighted by Gasteiger charge is 2.14. The van der Waals surface area contributed by atoms with Gasteiger partial charge >= 0.3 is 0 Å². The third kappa shape index (κ3) is 5.42. The van der Waals surface area contributed by atoms with Crippen molar-refractivity contribution in [2.45, 2.75) is 0 Å². The maximum atomic E-state index is 12.0. The second-order valence-electron chi connectivity index (χ2n) is 4.80. The second kappa shape index (κ2) is 8.89. The molecule has 7 nitrogen and oxygen atoms in total. The maximum absolute atomic E-state index is 12.0. The number of halogens is 2. The minimum Gasteiger partial charge on any atom is -0.351 e. The van der Waals surface area contributed by atoms with Crippen LogP contribution in [0.3, 0.4) is 0 Å². The number of hydrogen-bond donors (Lipinski definition) is 2. The van der Waals surface area contributed by atoms with Crippen LogP contribution in [0.15, 0.2) is 18.2 Å². The van der Waals surface area contributed by atoms with Crippen molar-refractivity contribution in [3.63, 3.8) is 0 Å². The number of rotatable bonds is 5. The minimum absolute atomic E-state index is 0. The molecule has 1 saturated heterocycles. The second-order valence-corrected chi connectivity index (χ2v) is 5.24. The van der Waals surface area contributed by atoms with Crippen molar-refractivity contribution in [1.29, 1.82) is 0 Å². The number of nitrogens with zero attached hydrogens (tertiary/aromatic N) is 2. The normalized spacial score (nSPS) is 15.0. The number of nitro benzene ring substituents is 1. The van der Waals surface area contributed by atoms with Crippen LogP contribution in [0.1, 0.15) is 10.4 Å². The standard InChI is InChI=1S/C13H17ClN4O3.ClH/c14-11-7-10(8-12(9-11)18(20)21)13(19)16-3-6-17-4-1-15-2-5-17;/h7-9,15H,1-6H2,(H,16,19);1H. The molecule has 2 N–H and O–H groups in total. The van der Waals surface area contributed by atoms with Crippen LogP contribution in [0.2, 0.25) is 5.02 Å². The molecule has 0 radical (unpaired) electrons. The largest absolute Gasteiger partial charge is 0.351 e. The summed E-state index contributed by atoms with van der Waals surface area (Å²) in [4.78, 5) is 24.4. The van der Waals surface area contributed by atoms with Crippen molar-refractivity contribution in [2.24, 2.45) is 0 Å². The number of amides is 1. The van der Waals surface area contributed by atoms with Crippen LogP contribution < -0.4 is 10.6 Å². The van der Waals surface area contributed by atoms with Gasteiger partial charge in [0.15, 0.2) is 0 Å². The molecule has 1 aliphatic rings. The molecule has 9 heteroatoms. The van der Waals surface area contributed by atoms with Gasteiger partial charge in [-0.2, -0.15) is 0 Å². The summed E-state index contributed by atoms with van der Waals surface area (Å²) in [5.41, 5.74) is 0.0178. The van der Waals surface area contributed by atoms with E-state index in [1.54, 1.807) is 0 Å². The van der Waals surface area contributed by atoms with Crippen molar-refractivity contribution < 1.29 is 9.72 Å². The van der Waals surface area contributed by atoms with Crippen LogP contribution in [0.25, 0.3) is 0 Å². The predicted octanol–water partition coefficient (Wildman–Crippen LogP) is 1.30. The fourth-order valence-electron chi connectivity index (χ4n) is 2.18. The highest BCUT2D eigenvalue weighted by Crippen LogP contribution is 2.20. The zero-order valence-electron chi connectivity index (χ0n) is 11.9. The molecule has 1 aromatic carbocycles. The Morgan fingerprint density at radius 3 is 2.68 bits per heavy atom. The molecule has 0 aromatic heterocycles. The molecule has 0 unspecified atom stereocenters. The van der Waals surface area contributed by atoms with Crippen LogP contribution in [0.4, 0.5) is 5.69 Å². The first-order chi connectivity index (χ1) is 10.1. The van der Waals surface area contributed by atoms with Gasteiger partial charge in [-0.3, -0.25) is 19.8 Å². The van der Waals surface area contributed by atoms with Gasteiger partial charge in [-0.25, -0.2) is 0 Å². The average molecular weight is 349 g/mol. The molecule has 1 fully saturated rings. The van der Waals surface area contributed by atoms with E-state index in [9.17, 15) is 14.9 Å². The van der Waals surface area contributed by atoms with E-state index >= 15 is 0 Å². The topological polar surface area (TPSA) is 87.5 Å². The van der Waals surface area contributed by atoms with E-state index in [2.05, 4.69) is 15.5 Å². The van der Waals surface area contributed by atoms with E-state index in [-0.39, 0.29) is 34.6 Å². The Bertz CT molecular complexity index is 536. The van der Waals surface area contributed by atoms with E-state index in [4.69, 9.17) is 11.6 Å². The fourth-order valence-corrected chi connectivity index (χ4v) is 2.40. The number of piperazine rings is 1. The van der Waals surface area contributed by atoms with Crippen molar-refractivity contribution in [3.05, 3.63) is 38.9 Å². The molecule has 2 rings (SSSR count). The summed E-state index contributed by atoms with van der Waals surface area (Å²) >= 11 is 5.79. The Morgan fingerprint density at radius 1 is 1.36 bits per heavy atom. The summed E-state index contributed by atoms with van der Waals surface area (Å²) in [5.74, 6) is -0.351.